The second-order valence-electron chi connectivity index (χ2n) is 6.17. The van der Waals surface area contributed by atoms with Crippen LogP contribution in [0.3, 0.4) is 0 Å². The summed E-state index contributed by atoms with van der Waals surface area (Å²) >= 11 is 5.70. The Morgan fingerprint density at radius 2 is 1.96 bits per heavy atom. The van der Waals surface area contributed by atoms with Crippen LogP contribution in [-0.2, 0) is 14.8 Å². The molecule has 0 aliphatic carbocycles. The Morgan fingerprint density at radius 1 is 1.30 bits per heavy atom. The first-order valence-corrected chi connectivity index (χ1v) is 10.1. The van der Waals surface area contributed by atoms with Gasteiger partial charge in [0.2, 0.25) is 10.0 Å². The minimum absolute atomic E-state index is 0.0476. The predicted molar refractivity (Wildman–Crippen MR) is 99.2 cm³/mol. The van der Waals surface area contributed by atoms with Gasteiger partial charge in [-0.15, -0.1) is 0 Å². The molecule has 10 heteroatoms. The summed E-state index contributed by atoms with van der Waals surface area (Å²) in [6.45, 7) is 4.29. The van der Waals surface area contributed by atoms with E-state index in [1.165, 1.54) is 16.4 Å². The van der Waals surface area contributed by atoms with Crippen molar-refractivity contribution in [1.82, 2.24) is 9.29 Å². The highest BCUT2D eigenvalue weighted by Crippen LogP contribution is 2.28. The number of halogens is 2. The molecule has 2 heterocycles. The van der Waals surface area contributed by atoms with E-state index in [0.717, 1.165) is 6.07 Å². The van der Waals surface area contributed by atoms with Gasteiger partial charge in [0.1, 0.15) is 16.4 Å². The third kappa shape index (κ3) is 3.86. The van der Waals surface area contributed by atoms with Gasteiger partial charge in [-0.3, -0.25) is 4.79 Å². The first-order valence-electron chi connectivity index (χ1n) is 8.25. The number of sulfonamides is 1. The molecule has 0 spiro atoms. The van der Waals surface area contributed by atoms with Crippen LogP contribution in [0.4, 0.5) is 10.1 Å². The van der Waals surface area contributed by atoms with Crippen LogP contribution in [0.25, 0.3) is 0 Å². The third-order valence-corrected chi connectivity index (χ3v) is 6.75. The molecule has 2 aromatic rings. The monoisotopic (exact) mass is 415 g/mol. The van der Waals surface area contributed by atoms with Gasteiger partial charge in [-0.1, -0.05) is 11.6 Å². The number of nitrogens with one attached hydrogen (secondary N) is 2. The molecule has 2 N–H and O–H groups in total. The molecule has 1 aliphatic rings. The van der Waals surface area contributed by atoms with Crippen molar-refractivity contribution < 1.29 is 22.3 Å². The van der Waals surface area contributed by atoms with Crippen LogP contribution in [0.2, 0.25) is 5.02 Å². The zero-order valence-electron chi connectivity index (χ0n) is 14.8. The third-order valence-electron chi connectivity index (χ3n) is 4.34. The summed E-state index contributed by atoms with van der Waals surface area (Å²) in [6.07, 6.45) is 0. The number of ether oxygens (including phenoxy) is 1. The Balaban J connectivity index is 1.92. The number of benzene rings is 1. The fourth-order valence-electron chi connectivity index (χ4n) is 3.04. The predicted octanol–water partition coefficient (Wildman–Crippen LogP) is 2.70. The number of aromatic amines is 1. The van der Waals surface area contributed by atoms with E-state index in [2.05, 4.69) is 10.3 Å². The van der Waals surface area contributed by atoms with Gasteiger partial charge in [-0.25, -0.2) is 12.8 Å². The topological polar surface area (TPSA) is 91.5 Å². The minimum Gasteiger partial charge on any atom is -0.379 e. The highest BCUT2D eigenvalue weighted by atomic mass is 35.5. The Morgan fingerprint density at radius 3 is 2.59 bits per heavy atom. The van der Waals surface area contributed by atoms with Crippen molar-refractivity contribution in [2.45, 2.75) is 18.7 Å². The Kier molecular flexibility index (Phi) is 5.57. The summed E-state index contributed by atoms with van der Waals surface area (Å²) in [5.74, 6) is -1.32. The zero-order chi connectivity index (χ0) is 19.8. The van der Waals surface area contributed by atoms with E-state index in [-0.39, 0.29) is 40.0 Å². The summed E-state index contributed by atoms with van der Waals surface area (Å²) in [6, 6.07) is 3.87. The number of amides is 1. The average molecular weight is 416 g/mol. The molecule has 1 saturated heterocycles. The van der Waals surface area contributed by atoms with Crippen molar-refractivity contribution in [2.24, 2.45) is 0 Å². The Labute approximate surface area is 161 Å². The highest BCUT2D eigenvalue weighted by Gasteiger charge is 2.32. The number of morpholine rings is 1. The van der Waals surface area contributed by atoms with Crippen LogP contribution in [-0.4, -0.2) is 49.9 Å². The van der Waals surface area contributed by atoms with Crippen molar-refractivity contribution in [2.75, 3.05) is 31.6 Å². The molecule has 146 valence electrons. The maximum Gasteiger partial charge on any atom is 0.272 e. The molecular formula is C17H19ClFN3O4S. The van der Waals surface area contributed by atoms with E-state index in [1.54, 1.807) is 13.8 Å². The maximum absolute atomic E-state index is 13.9. The van der Waals surface area contributed by atoms with Gasteiger partial charge in [0.25, 0.3) is 5.91 Å². The van der Waals surface area contributed by atoms with Gasteiger partial charge in [-0.05, 0) is 37.6 Å². The van der Waals surface area contributed by atoms with Crippen LogP contribution in [0, 0.1) is 19.7 Å². The van der Waals surface area contributed by atoms with Gasteiger partial charge in [0.15, 0.2) is 0 Å². The summed E-state index contributed by atoms with van der Waals surface area (Å²) in [5, 5.41) is 2.64. The number of aryl methyl sites for hydroxylation is 1. The summed E-state index contributed by atoms with van der Waals surface area (Å²) in [7, 11) is -3.77. The molecule has 0 atom stereocenters. The molecule has 1 aliphatic heterocycles. The molecule has 1 fully saturated rings. The molecule has 1 aromatic heterocycles. The second kappa shape index (κ2) is 7.59. The summed E-state index contributed by atoms with van der Waals surface area (Å²) < 4.78 is 46.4. The first kappa shape index (κ1) is 19.8. The quantitative estimate of drug-likeness (QED) is 0.803. The second-order valence-corrected chi connectivity index (χ2v) is 8.49. The van der Waals surface area contributed by atoms with Gasteiger partial charge in [0, 0.05) is 23.8 Å². The van der Waals surface area contributed by atoms with E-state index in [9.17, 15) is 17.6 Å². The van der Waals surface area contributed by atoms with Crippen molar-refractivity contribution in [3.05, 3.63) is 46.0 Å². The first-order chi connectivity index (χ1) is 12.7. The molecule has 1 amide bonds. The van der Waals surface area contributed by atoms with Crippen molar-refractivity contribution in [3.63, 3.8) is 0 Å². The Bertz CT molecular complexity index is 984. The number of hydrogen-bond donors (Lipinski definition) is 2. The molecule has 0 unspecified atom stereocenters. The molecule has 3 rings (SSSR count). The molecule has 7 nitrogen and oxygen atoms in total. The standard InChI is InChI=1S/C17H19ClFN3O4S/c1-10-15(17(23)21-14-4-3-12(18)9-13(14)19)20-11(2)16(10)27(24,25)22-5-7-26-8-6-22/h3-4,9,20H,5-8H2,1-2H3,(H,21,23). The lowest BCUT2D eigenvalue weighted by Gasteiger charge is -2.26. The lowest BCUT2D eigenvalue weighted by molar-refractivity contribution is 0.0730. The number of rotatable bonds is 4. The molecule has 0 radical (unpaired) electrons. The average Bonchev–Trinajstić information content (AvgIpc) is 2.93. The molecule has 1 aromatic carbocycles. The number of aromatic nitrogens is 1. The van der Waals surface area contributed by atoms with E-state index in [4.69, 9.17) is 16.3 Å². The van der Waals surface area contributed by atoms with Crippen LogP contribution in [0.1, 0.15) is 21.7 Å². The Hall–Kier alpha value is -1.94. The normalized spacial score (nSPS) is 15.7. The van der Waals surface area contributed by atoms with Crippen molar-refractivity contribution >= 4 is 33.2 Å². The van der Waals surface area contributed by atoms with E-state index in [1.807, 2.05) is 0 Å². The van der Waals surface area contributed by atoms with E-state index in [0.29, 0.717) is 18.9 Å². The van der Waals surface area contributed by atoms with Crippen molar-refractivity contribution in [1.29, 1.82) is 0 Å². The number of anilines is 1. The largest absolute Gasteiger partial charge is 0.379 e. The van der Waals surface area contributed by atoms with Gasteiger partial charge >= 0.3 is 0 Å². The number of carbonyl (C=O) groups excluding carboxylic acids is 1. The lowest BCUT2D eigenvalue weighted by Crippen LogP contribution is -2.40. The van der Waals surface area contributed by atoms with Crippen LogP contribution in [0.5, 0.6) is 0 Å². The fraction of sp³-hybridized carbons (Fsp3) is 0.353. The number of hydrogen-bond acceptors (Lipinski definition) is 4. The van der Waals surface area contributed by atoms with Gasteiger partial charge in [-0.2, -0.15) is 4.31 Å². The summed E-state index contributed by atoms with van der Waals surface area (Å²) in [5.41, 5.74) is 0.647. The molecular weight excluding hydrogens is 397 g/mol. The molecule has 27 heavy (non-hydrogen) atoms. The maximum atomic E-state index is 13.9. The van der Waals surface area contributed by atoms with Crippen molar-refractivity contribution in [3.8, 4) is 0 Å². The van der Waals surface area contributed by atoms with Gasteiger partial charge < -0.3 is 15.0 Å². The number of H-pyrrole nitrogens is 1. The van der Waals surface area contributed by atoms with Crippen LogP contribution in [0.15, 0.2) is 23.1 Å². The van der Waals surface area contributed by atoms with E-state index >= 15 is 0 Å². The fourth-order valence-corrected chi connectivity index (χ4v) is 5.01. The summed E-state index contributed by atoms with van der Waals surface area (Å²) in [4.78, 5) is 15.4. The van der Waals surface area contributed by atoms with Crippen LogP contribution < -0.4 is 5.32 Å². The van der Waals surface area contributed by atoms with E-state index < -0.39 is 21.7 Å². The van der Waals surface area contributed by atoms with Gasteiger partial charge in [0.05, 0.1) is 18.9 Å². The minimum atomic E-state index is -3.77. The number of carbonyl (C=O) groups is 1. The highest BCUT2D eigenvalue weighted by molar-refractivity contribution is 7.89. The molecule has 0 bridgehead atoms. The SMILES string of the molecule is Cc1[nH]c(C(=O)Nc2ccc(Cl)cc2F)c(C)c1S(=O)(=O)N1CCOCC1. The zero-order valence-corrected chi connectivity index (χ0v) is 16.4. The molecule has 0 saturated carbocycles. The smallest absolute Gasteiger partial charge is 0.272 e. The van der Waals surface area contributed by atoms with Crippen LogP contribution >= 0.6 is 11.6 Å². The lowest BCUT2D eigenvalue weighted by atomic mass is 10.2. The number of nitrogens with zero attached hydrogens (tertiary/aromatic N) is 1.